The van der Waals surface area contributed by atoms with Crippen molar-refractivity contribution in [3.63, 3.8) is 0 Å². The molecule has 3 nitrogen and oxygen atoms in total. The molecule has 0 bridgehead atoms. The highest BCUT2D eigenvalue weighted by Crippen LogP contribution is 1.85. The predicted octanol–water partition coefficient (Wildman–Crippen LogP) is -0.0915. The molecule has 0 spiro atoms. The van der Waals surface area contributed by atoms with E-state index in [0.717, 1.165) is 26.1 Å². The van der Waals surface area contributed by atoms with E-state index < -0.39 is 0 Å². The first-order valence-electron chi connectivity index (χ1n) is 4.16. The van der Waals surface area contributed by atoms with E-state index in [0.29, 0.717) is 0 Å². The molecule has 0 aromatic carbocycles. The van der Waals surface area contributed by atoms with Crippen molar-refractivity contribution < 1.29 is 5.11 Å². The van der Waals surface area contributed by atoms with Gasteiger partial charge in [-0.3, -0.25) is 0 Å². The molecule has 68 valence electrons. The third-order valence-electron chi connectivity index (χ3n) is 1.47. The third kappa shape index (κ3) is 9.88. The van der Waals surface area contributed by atoms with Crippen LogP contribution in [0.1, 0.15) is 13.3 Å². The summed E-state index contributed by atoms with van der Waals surface area (Å²) in [5.41, 5.74) is 0. The molecule has 3 heteroatoms. The molecule has 11 heavy (non-hydrogen) atoms. The van der Waals surface area contributed by atoms with Crippen molar-refractivity contribution in [2.45, 2.75) is 19.4 Å². The molecule has 0 aliphatic heterocycles. The Kier molecular flexibility index (Phi) is 6.51. The molecule has 0 heterocycles. The summed E-state index contributed by atoms with van der Waals surface area (Å²) in [7, 11) is 4.10. The summed E-state index contributed by atoms with van der Waals surface area (Å²) in [4.78, 5) is 2.13. The largest absolute Gasteiger partial charge is 0.393 e. The number of aliphatic hydroxyl groups excluding tert-OH is 1. The van der Waals surface area contributed by atoms with Gasteiger partial charge in [-0.15, -0.1) is 0 Å². The van der Waals surface area contributed by atoms with Crippen LogP contribution in [0.5, 0.6) is 0 Å². The Bertz CT molecular complexity index is 74.2. The van der Waals surface area contributed by atoms with Crippen LogP contribution in [0.4, 0.5) is 0 Å². The van der Waals surface area contributed by atoms with Gasteiger partial charge in [0.1, 0.15) is 0 Å². The normalized spacial score (nSPS) is 13.9. The van der Waals surface area contributed by atoms with E-state index in [4.69, 9.17) is 5.11 Å². The van der Waals surface area contributed by atoms with Crippen molar-refractivity contribution in [1.82, 2.24) is 10.2 Å². The van der Waals surface area contributed by atoms with Crippen LogP contribution < -0.4 is 5.32 Å². The van der Waals surface area contributed by atoms with Gasteiger partial charge in [-0.2, -0.15) is 0 Å². The van der Waals surface area contributed by atoms with Gasteiger partial charge >= 0.3 is 0 Å². The number of hydrogen-bond acceptors (Lipinski definition) is 3. The molecule has 0 radical (unpaired) electrons. The van der Waals surface area contributed by atoms with Crippen molar-refractivity contribution in [3.8, 4) is 0 Å². The summed E-state index contributed by atoms with van der Waals surface area (Å²) >= 11 is 0. The van der Waals surface area contributed by atoms with Gasteiger partial charge in [0.2, 0.25) is 0 Å². The maximum atomic E-state index is 8.91. The Hall–Kier alpha value is -0.120. The zero-order valence-electron chi connectivity index (χ0n) is 7.80. The highest BCUT2D eigenvalue weighted by atomic mass is 16.3. The first-order valence-corrected chi connectivity index (χ1v) is 4.16. The number of nitrogens with one attached hydrogen (secondary N) is 1. The number of rotatable bonds is 6. The molecule has 1 unspecified atom stereocenters. The second kappa shape index (κ2) is 6.58. The van der Waals surface area contributed by atoms with E-state index in [2.05, 4.69) is 24.3 Å². The summed E-state index contributed by atoms with van der Waals surface area (Å²) in [5.74, 6) is 0. The highest BCUT2D eigenvalue weighted by Gasteiger charge is 1.94. The van der Waals surface area contributed by atoms with E-state index >= 15 is 0 Å². The molecule has 0 amide bonds. The smallest absolute Gasteiger partial charge is 0.0524 e. The zero-order valence-corrected chi connectivity index (χ0v) is 7.80. The molecule has 0 rings (SSSR count). The van der Waals surface area contributed by atoms with Crippen LogP contribution in [0.3, 0.4) is 0 Å². The van der Waals surface area contributed by atoms with Crippen LogP contribution in [0.2, 0.25) is 0 Å². The fourth-order valence-electron chi connectivity index (χ4n) is 0.739. The van der Waals surface area contributed by atoms with Crippen LogP contribution in [-0.4, -0.2) is 49.8 Å². The summed E-state index contributed by atoms with van der Waals surface area (Å²) in [6.45, 7) is 4.78. The first-order chi connectivity index (χ1) is 5.13. The maximum absolute atomic E-state index is 8.91. The van der Waals surface area contributed by atoms with Gasteiger partial charge in [0.25, 0.3) is 0 Å². The quantitative estimate of drug-likeness (QED) is 0.533. The molecule has 0 aromatic rings. The van der Waals surface area contributed by atoms with Crippen LogP contribution in [0, 0.1) is 0 Å². The van der Waals surface area contributed by atoms with Crippen molar-refractivity contribution in [2.75, 3.05) is 33.7 Å². The summed E-state index contributed by atoms with van der Waals surface area (Å²) in [6, 6.07) is 0. The number of hydrogen-bond donors (Lipinski definition) is 2. The minimum atomic E-state index is -0.179. The van der Waals surface area contributed by atoms with Gasteiger partial charge in [0.15, 0.2) is 0 Å². The third-order valence-corrected chi connectivity index (χ3v) is 1.47. The monoisotopic (exact) mass is 160 g/mol. The fourth-order valence-corrected chi connectivity index (χ4v) is 0.739. The SMILES string of the molecule is CC(O)CCNCCN(C)C. The van der Waals surface area contributed by atoms with Crippen molar-refractivity contribution in [1.29, 1.82) is 0 Å². The Morgan fingerprint density at radius 3 is 2.45 bits per heavy atom. The van der Waals surface area contributed by atoms with Gasteiger partial charge in [-0.25, -0.2) is 0 Å². The lowest BCUT2D eigenvalue weighted by Gasteiger charge is -2.10. The minimum Gasteiger partial charge on any atom is -0.393 e. The second-order valence-corrected chi connectivity index (χ2v) is 3.19. The van der Waals surface area contributed by atoms with Gasteiger partial charge < -0.3 is 15.3 Å². The van der Waals surface area contributed by atoms with Crippen molar-refractivity contribution in [2.24, 2.45) is 0 Å². The summed E-state index contributed by atoms with van der Waals surface area (Å²) in [5, 5.41) is 12.2. The highest BCUT2D eigenvalue weighted by molar-refractivity contribution is 4.53. The summed E-state index contributed by atoms with van der Waals surface area (Å²) < 4.78 is 0. The Balaban J connectivity index is 2.91. The van der Waals surface area contributed by atoms with Crippen molar-refractivity contribution >= 4 is 0 Å². The van der Waals surface area contributed by atoms with Crippen molar-refractivity contribution in [3.05, 3.63) is 0 Å². The lowest BCUT2D eigenvalue weighted by molar-refractivity contribution is 0.183. The first kappa shape index (κ1) is 10.9. The second-order valence-electron chi connectivity index (χ2n) is 3.19. The van der Waals surface area contributed by atoms with Gasteiger partial charge in [-0.1, -0.05) is 0 Å². The average molecular weight is 160 g/mol. The van der Waals surface area contributed by atoms with Crippen LogP contribution in [-0.2, 0) is 0 Å². The number of aliphatic hydroxyl groups is 1. The van der Waals surface area contributed by atoms with E-state index in [1.807, 2.05) is 6.92 Å². The van der Waals surface area contributed by atoms with E-state index in [-0.39, 0.29) is 6.10 Å². The predicted molar refractivity (Wildman–Crippen MR) is 47.7 cm³/mol. The molecular weight excluding hydrogens is 140 g/mol. The number of nitrogens with zero attached hydrogens (tertiary/aromatic N) is 1. The van der Waals surface area contributed by atoms with E-state index in [1.54, 1.807) is 0 Å². The molecule has 1 atom stereocenters. The summed E-state index contributed by atoms with van der Waals surface area (Å²) in [6.07, 6.45) is 0.662. The average Bonchev–Trinajstić information content (AvgIpc) is 1.85. The molecule has 0 saturated carbocycles. The standard InChI is InChI=1S/C8H20N2O/c1-8(11)4-5-9-6-7-10(2)3/h8-9,11H,4-7H2,1-3H3. The maximum Gasteiger partial charge on any atom is 0.0524 e. The number of likely N-dealkylation sites (N-methyl/N-ethyl adjacent to an activating group) is 1. The molecule has 2 N–H and O–H groups in total. The Morgan fingerprint density at radius 1 is 1.36 bits per heavy atom. The Labute approximate surface area is 69.4 Å². The molecule has 0 fully saturated rings. The molecular formula is C8H20N2O. The fraction of sp³-hybridized carbons (Fsp3) is 1.00. The van der Waals surface area contributed by atoms with Gasteiger partial charge in [0.05, 0.1) is 6.10 Å². The molecule has 0 aliphatic carbocycles. The van der Waals surface area contributed by atoms with E-state index in [9.17, 15) is 0 Å². The molecule has 0 aromatic heterocycles. The molecule has 0 saturated heterocycles. The lowest BCUT2D eigenvalue weighted by atomic mass is 10.3. The van der Waals surface area contributed by atoms with Crippen LogP contribution in [0.25, 0.3) is 0 Å². The Morgan fingerprint density at radius 2 is 2.00 bits per heavy atom. The van der Waals surface area contributed by atoms with Crippen LogP contribution in [0.15, 0.2) is 0 Å². The minimum absolute atomic E-state index is 0.179. The van der Waals surface area contributed by atoms with Gasteiger partial charge in [0, 0.05) is 13.1 Å². The topological polar surface area (TPSA) is 35.5 Å². The van der Waals surface area contributed by atoms with Gasteiger partial charge in [-0.05, 0) is 34.0 Å². The van der Waals surface area contributed by atoms with Crippen LogP contribution >= 0.6 is 0 Å². The zero-order chi connectivity index (χ0) is 8.69. The van der Waals surface area contributed by atoms with E-state index in [1.165, 1.54) is 0 Å². The molecule has 0 aliphatic rings. The lowest BCUT2D eigenvalue weighted by Crippen LogP contribution is -2.28.